The van der Waals surface area contributed by atoms with E-state index in [0.717, 1.165) is 42.9 Å². The van der Waals surface area contributed by atoms with Gasteiger partial charge in [0.1, 0.15) is 23.0 Å². The largest absolute Gasteiger partial charge is 0.508 e. The first-order valence-electron chi connectivity index (χ1n) is 15.0. The van der Waals surface area contributed by atoms with Crippen LogP contribution in [0.2, 0.25) is 0 Å². The quantitative estimate of drug-likeness (QED) is 0.284. The Morgan fingerprint density at radius 3 is 2.23 bits per heavy atom. The second-order valence-corrected chi connectivity index (χ2v) is 11.0. The molecule has 0 saturated carbocycles. The highest BCUT2D eigenvalue weighted by Gasteiger charge is 2.32. The number of rotatable bonds is 8. The van der Waals surface area contributed by atoms with Crippen LogP contribution in [0.3, 0.4) is 0 Å². The molecule has 5 rings (SSSR count). The predicted molar refractivity (Wildman–Crippen MR) is 172 cm³/mol. The van der Waals surface area contributed by atoms with Crippen molar-refractivity contribution in [1.29, 1.82) is 0 Å². The van der Waals surface area contributed by atoms with Gasteiger partial charge in [-0.25, -0.2) is 0 Å². The third kappa shape index (κ3) is 8.66. The number of phenols is 1. The Kier molecular flexibility index (Phi) is 11.9. The number of carbonyl (C=O) groups is 1. The first-order chi connectivity index (χ1) is 20.6. The Balaban J connectivity index is 0.000000224. The smallest absolute Gasteiger partial charge is 0.256 e. The van der Waals surface area contributed by atoms with Crippen LogP contribution in [-0.4, -0.2) is 55.5 Å². The van der Waals surface area contributed by atoms with E-state index in [9.17, 15) is 9.90 Å². The van der Waals surface area contributed by atoms with Crippen molar-refractivity contribution >= 4 is 17.8 Å². The lowest BCUT2D eigenvalue weighted by atomic mass is 9.92. The molecule has 2 aliphatic rings. The monoisotopic (exact) mass is 590 g/mol. The van der Waals surface area contributed by atoms with E-state index in [-0.39, 0.29) is 23.1 Å². The second-order valence-electron chi connectivity index (χ2n) is 11.0. The predicted octanol–water partition coefficient (Wildman–Crippen LogP) is 8.36. The summed E-state index contributed by atoms with van der Waals surface area (Å²) in [7, 11) is 3.14. The molecule has 232 valence electrons. The van der Waals surface area contributed by atoms with Gasteiger partial charge in [0.15, 0.2) is 11.5 Å². The Bertz CT molecular complexity index is 1380. The number of hydrogen-bond acceptors (Lipinski definition) is 7. The van der Waals surface area contributed by atoms with Crippen LogP contribution in [0.1, 0.15) is 69.8 Å². The number of methoxy groups -OCH3 is 2. The van der Waals surface area contributed by atoms with E-state index in [4.69, 9.17) is 18.9 Å². The molecule has 3 aromatic rings. The van der Waals surface area contributed by atoms with Crippen LogP contribution in [0.4, 0.5) is 5.69 Å². The van der Waals surface area contributed by atoms with Crippen molar-refractivity contribution in [2.24, 2.45) is 10.4 Å². The van der Waals surface area contributed by atoms with Crippen LogP contribution < -0.4 is 18.9 Å². The van der Waals surface area contributed by atoms with Crippen molar-refractivity contribution in [3.05, 3.63) is 65.7 Å². The number of nitrogens with zero attached hydrogens (tertiary/aromatic N) is 2. The number of benzene rings is 3. The molecule has 1 saturated heterocycles. The lowest BCUT2D eigenvalue weighted by molar-refractivity contribution is 0.0774. The summed E-state index contributed by atoms with van der Waals surface area (Å²) in [4.78, 5) is 18.9. The van der Waals surface area contributed by atoms with E-state index >= 15 is 0 Å². The summed E-state index contributed by atoms with van der Waals surface area (Å²) in [6.07, 6.45) is 4.96. The molecule has 1 atom stereocenters. The average molecular weight is 591 g/mol. The molecule has 8 heteroatoms. The zero-order valence-corrected chi connectivity index (χ0v) is 26.8. The minimum atomic E-state index is 0.0240. The molecular formula is C35H46N2O6. The van der Waals surface area contributed by atoms with Gasteiger partial charge in [0.2, 0.25) is 0 Å². The molecule has 3 aromatic carbocycles. The van der Waals surface area contributed by atoms with Gasteiger partial charge in [-0.15, -0.1) is 0 Å². The highest BCUT2D eigenvalue weighted by atomic mass is 16.5. The van der Waals surface area contributed by atoms with E-state index in [1.807, 2.05) is 50.1 Å². The third-order valence-electron chi connectivity index (χ3n) is 7.48. The number of aliphatic imine (C=N–C) groups is 1. The standard InChI is InChI=1S/C19H24O3.C14H16N2O3.C2H6/c1-5-19(3,4)13-21-17-10-11-18(14(2)12-17)22-16-8-6-15(20)7-9-16;1-18-12-6-10-11(7-13(12)19-2)15-8-9-4-3-5-16(9)14(10)17;1-2/h6-12,20H,5,13H2,1-4H3;6-9H,3-5H2,1-2H3;1-2H3. The number of fused-ring (bicyclic) bond motifs is 2. The van der Waals surface area contributed by atoms with Gasteiger partial charge in [-0.2, -0.15) is 0 Å². The van der Waals surface area contributed by atoms with Gasteiger partial charge >= 0.3 is 0 Å². The lowest BCUT2D eigenvalue weighted by Gasteiger charge is -2.23. The molecule has 1 fully saturated rings. The van der Waals surface area contributed by atoms with Crippen LogP contribution >= 0.6 is 0 Å². The summed E-state index contributed by atoms with van der Waals surface area (Å²) >= 11 is 0. The third-order valence-corrected chi connectivity index (χ3v) is 7.48. The summed E-state index contributed by atoms with van der Waals surface area (Å²) in [5, 5.41) is 9.29. The number of ether oxygens (including phenoxy) is 4. The molecule has 0 radical (unpaired) electrons. The van der Waals surface area contributed by atoms with Crippen molar-refractivity contribution in [3.63, 3.8) is 0 Å². The number of aromatic hydroxyl groups is 1. The van der Waals surface area contributed by atoms with Gasteiger partial charge in [0, 0.05) is 18.8 Å². The second kappa shape index (κ2) is 15.3. The Labute approximate surface area is 256 Å². The number of hydrogen-bond donors (Lipinski definition) is 1. The molecule has 0 spiro atoms. The average Bonchev–Trinajstić information content (AvgIpc) is 3.46. The maximum absolute atomic E-state index is 12.5. The topological polar surface area (TPSA) is 89.8 Å². The summed E-state index contributed by atoms with van der Waals surface area (Å²) in [5.74, 6) is 3.74. The van der Waals surface area contributed by atoms with E-state index in [0.29, 0.717) is 35.1 Å². The van der Waals surface area contributed by atoms with Crippen LogP contribution in [0.25, 0.3) is 0 Å². The van der Waals surface area contributed by atoms with Crippen molar-refractivity contribution in [2.45, 2.75) is 66.8 Å². The van der Waals surface area contributed by atoms with Crippen molar-refractivity contribution in [2.75, 3.05) is 27.4 Å². The summed E-state index contributed by atoms with van der Waals surface area (Å²) < 4.78 is 22.2. The Morgan fingerprint density at radius 1 is 0.953 bits per heavy atom. The van der Waals surface area contributed by atoms with Gasteiger partial charge in [-0.3, -0.25) is 9.79 Å². The van der Waals surface area contributed by atoms with Crippen molar-refractivity contribution in [1.82, 2.24) is 4.90 Å². The highest BCUT2D eigenvalue weighted by molar-refractivity contribution is 6.03. The molecule has 1 unspecified atom stereocenters. The molecule has 1 N–H and O–H groups in total. The summed E-state index contributed by atoms with van der Waals surface area (Å²) in [6, 6.07) is 16.1. The van der Waals surface area contributed by atoms with Gasteiger partial charge in [0.25, 0.3) is 5.91 Å². The molecule has 43 heavy (non-hydrogen) atoms. The van der Waals surface area contributed by atoms with E-state index in [1.54, 1.807) is 50.6 Å². The van der Waals surface area contributed by atoms with E-state index in [1.165, 1.54) is 0 Å². The minimum absolute atomic E-state index is 0.0240. The normalized spacial score (nSPS) is 15.1. The molecule has 0 aromatic heterocycles. The first kappa shape index (κ1) is 33.3. The number of amides is 1. The van der Waals surface area contributed by atoms with E-state index < -0.39 is 0 Å². The lowest BCUT2D eigenvalue weighted by Crippen LogP contribution is -2.35. The molecular weight excluding hydrogens is 544 g/mol. The summed E-state index contributed by atoms with van der Waals surface area (Å²) in [6.45, 7) is 14.0. The maximum Gasteiger partial charge on any atom is 0.256 e. The Hall–Kier alpha value is -4.20. The van der Waals surface area contributed by atoms with Crippen LogP contribution in [-0.2, 0) is 0 Å². The van der Waals surface area contributed by atoms with Crippen molar-refractivity contribution in [3.8, 4) is 34.5 Å². The molecule has 1 amide bonds. The number of carbonyl (C=O) groups excluding carboxylic acids is 1. The Morgan fingerprint density at radius 2 is 1.60 bits per heavy atom. The molecule has 2 aliphatic heterocycles. The summed E-state index contributed by atoms with van der Waals surface area (Å²) in [5.41, 5.74) is 2.42. The SMILES string of the molecule is CC.CCC(C)(C)COc1ccc(Oc2ccc(O)cc2)c(C)c1.COc1cc2c(cc1OC)C(=O)N1CCCC1C=N2. The highest BCUT2D eigenvalue weighted by Crippen LogP contribution is 2.37. The molecule has 0 aliphatic carbocycles. The maximum atomic E-state index is 12.5. The van der Waals surface area contributed by atoms with Gasteiger partial charge < -0.3 is 29.0 Å². The number of aryl methyl sites for hydroxylation is 1. The van der Waals surface area contributed by atoms with Gasteiger partial charge in [-0.1, -0.05) is 34.6 Å². The van der Waals surface area contributed by atoms with Gasteiger partial charge in [0.05, 0.1) is 38.1 Å². The molecule has 0 bridgehead atoms. The zero-order chi connectivity index (χ0) is 31.6. The number of phenolic OH excluding ortho intramolecular Hbond substituents is 1. The first-order valence-corrected chi connectivity index (χ1v) is 15.0. The van der Waals surface area contributed by atoms with Crippen LogP contribution in [0, 0.1) is 12.3 Å². The van der Waals surface area contributed by atoms with Crippen LogP contribution in [0.15, 0.2) is 59.6 Å². The fourth-order valence-electron chi connectivity index (χ4n) is 4.52. The van der Waals surface area contributed by atoms with Crippen LogP contribution in [0.5, 0.6) is 34.5 Å². The molecule has 8 nitrogen and oxygen atoms in total. The molecule has 2 heterocycles. The fourth-order valence-corrected chi connectivity index (χ4v) is 4.52. The zero-order valence-electron chi connectivity index (χ0n) is 26.8. The fraction of sp³-hybridized carbons (Fsp3) is 0.429. The van der Waals surface area contributed by atoms with Crippen molar-refractivity contribution < 1.29 is 28.8 Å². The van der Waals surface area contributed by atoms with Gasteiger partial charge in [-0.05, 0) is 85.7 Å². The van der Waals surface area contributed by atoms with E-state index in [2.05, 4.69) is 25.8 Å². The minimum Gasteiger partial charge on any atom is -0.508 e.